The summed E-state index contributed by atoms with van der Waals surface area (Å²) in [5.41, 5.74) is 1.67. The molecule has 0 saturated carbocycles. The molecule has 2 aliphatic rings. The van der Waals surface area contributed by atoms with Gasteiger partial charge in [-0.25, -0.2) is 0 Å². The molecule has 2 atom stereocenters. The van der Waals surface area contributed by atoms with Crippen LogP contribution in [-0.2, 0) is 9.59 Å². The molecular weight excluding hydrogens is 288 g/mol. The summed E-state index contributed by atoms with van der Waals surface area (Å²) in [6.45, 7) is 4.42. The second kappa shape index (κ2) is 5.34. The van der Waals surface area contributed by atoms with E-state index in [1.165, 1.54) is 0 Å². The molecule has 2 heterocycles. The Hall–Kier alpha value is -1.55. The van der Waals surface area contributed by atoms with E-state index in [9.17, 15) is 9.59 Å². The number of carbonyl (C=O) groups excluding carboxylic acids is 2. The van der Waals surface area contributed by atoms with E-state index in [-0.39, 0.29) is 17.9 Å². The van der Waals surface area contributed by atoms with Crippen LogP contribution in [0.5, 0.6) is 0 Å². The highest BCUT2D eigenvalue weighted by Gasteiger charge is 2.45. The SMILES string of the molecule is Cc1ccc(N2C(=O)C3CCCCN3C(=O)C2C)c(Cl)c1. The van der Waals surface area contributed by atoms with Crippen molar-refractivity contribution in [3.63, 3.8) is 0 Å². The number of fused-ring (bicyclic) bond motifs is 1. The number of piperidine rings is 1. The van der Waals surface area contributed by atoms with Crippen molar-refractivity contribution >= 4 is 29.1 Å². The summed E-state index contributed by atoms with van der Waals surface area (Å²) in [5.74, 6) is 0.0171. The van der Waals surface area contributed by atoms with Gasteiger partial charge in [-0.3, -0.25) is 14.5 Å². The van der Waals surface area contributed by atoms with Gasteiger partial charge in [-0.05, 0) is 50.8 Å². The van der Waals surface area contributed by atoms with Gasteiger partial charge in [-0.15, -0.1) is 0 Å². The Bertz CT molecular complexity index is 602. The highest BCUT2D eigenvalue weighted by Crippen LogP contribution is 2.34. The lowest BCUT2D eigenvalue weighted by Gasteiger charge is -2.46. The third-order valence-electron chi connectivity index (χ3n) is 4.42. The number of hydrogen-bond donors (Lipinski definition) is 0. The molecule has 3 rings (SSSR count). The molecule has 2 amide bonds. The summed E-state index contributed by atoms with van der Waals surface area (Å²) in [6, 6.07) is 4.76. The van der Waals surface area contributed by atoms with Crippen LogP contribution >= 0.6 is 11.6 Å². The largest absolute Gasteiger partial charge is 0.329 e. The van der Waals surface area contributed by atoms with Gasteiger partial charge in [0.2, 0.25) is 5.91 Å². The number of benzene rings is 1. The summed E-state index contributed by atoms with van der Waals surface area (Å²) in [4.78, 5) is 28.7. The molecule has 0 radical (unpaired) electrons. The second-order valence-electron chi connectivity index (χ2n) is 5.88. The summed E-state index contributed by atoms with van der Waals surface area (Å²) in [5, 5.41) is 0.521. The predicted molar refractivity (Wildman–Crippen MR) is 82.5 cm³/mol. The van der Waals surface area contributed by atoms with Gasteiger partial charge in [0.25, 0.3) is 5.91 Å². The quantitative estimate of drug-likeness (QED) is 0.800. The van der Waals surface area contributed by atoms with E-state index >= 15 is 0 Å². The van der Waals surface area contributed by atoms with Gasteiger partial charge in [0, 0.05) is 6.54 Å². The molecular formula is C16H19ClN2O2. The van der Waals surface area contributed by atoms with Crippen LogP contribution in [0.3, 0.4) is 0 Å². The first-order valence-corrected chi connectivity index (χ1v) is 7.78. The van der Waals surface area contributed by atoms with Crippen LogP contribution in [0.15, 0.2) is 18.2 Å². The van der Waals surface area contributed by atoms with Crippen LogP contribution in [0, 0.1) is 6.92 Å². The Morgan fingerprint density at radius 2 is 1.95 bits per heavy atom. The predicted octanol–water partition coefficient (Wildman–Crippen LogP) is 2.76. The van der Waals surface area contributed by atoms with Gasteiger partial charge in [0.15, 0.2) is 0 Å². The van der Waals surface area contributed by atoms with Gasteiger partial charge in [-0.2, -0.15) is 0 Å². The Morgan fingerprint density at radius 1 is 1.19 bits per heavy atom. The van der Waals surface area contributed by atoms with E-state index in [1.807, 2.05) is 25.1 Å². The molecule has 5 heteroatoms. The van der Waals surface area contributed by atoms with Crippen molar-refractivity contribution in [1.82, 2.24) is 4.90 Å². The van der Waals surface area contributed by atoms with E-state index < -0.39 is 6.04 Å². The minimum atomic E-state index is -0.493. The Morgan fingerprint density at radius 3 is 2.67 bits per heavy atom. The normalized spacial score (nSPS) is 26.0. The van der Waals surface area contributed by atoms with Crippen molar-refractivity contribution in [2.45, 2.75) is 45.2 Å². The highest BCUT2D eigenvalue weighted by molar-refractivity contribution is 6.34. The number of rotatable bonds is 1. The lowest BCUT2D eigenvalue weighted by molar-refractivity contribution is -0.147. The Labute approximate surface area is 129 Å². The number of hydrogen-bond acceptors (Lipinski definition) is 2. The van der Waals surface area contributed by atoms with Gasteiger partial charge in [0.1, 0.15) is 12.1 Å². The van der Waals surface area contributed by atoms with E-state index in [2.05, 4.69) is 0 Å². The number of anilines is 1. The molecule has 0 bridgehead atoms. The smallest absolute Gasteiger partial charge is 0.250 e. The van der Waals surface area contributed by atoms with Crippen LogP contribution in [0.4, 0.5) is 5.69 Å². The number of piperazine rings is 1. The lowest BCUT2D eigenvalue weighted by Crippen LogP contribution is -2.65. The molecule has 1 aromatic carbocycles. The molecule has 2 fully saturated rings. The van der Waals surface area contributed by atoms with Crippen molar-refractivity contribution in [2.75, 3.05) is 11.4 Å². The van der Waals surface area contributed by atoms with Crippen LogP contribution in [0.25, 0.3) is 0 Å². The van der Waals surface area contributed by atoms with Gasteiger partial charge >= 0.3 is 0 Å². The number of carbonyl (C=O) groups is 2. The molecule has 4 nitrogen and oxygen atoms in total. The summed E-state index contributed by atoms with van der Waals surface area (Å²) >= 11 is 6.30. The first-order valence-electron chi connectivity index (χ1n) is 7.40. The van der Waals surface area contributed by atoms with Crippen LogP contribution in [0.1, 0.15) is 31.7 Å². The summed E-state index contributed by atoms with van der Waals surface area (Å²) < 4.78 is 0. The third-order valence-corrected chi connectivity index (χ3v) is 4.72. The van der Waals surface area contributed by atoms with E-state index in [0.29, 0.717) is 17.3 Å². The topological polar surface area (TPSA) is 40.6 Å². The van der Waals surface area contributed by atoms with Crippen LogP contribution in [0.2, 0.25) is 5.02 Å². The van der Waals surface area contributed by atoms with Crippen molar-refractivity contribution in [3.05, 3.63) is 28.8 Å². The van der Waals surface area contributed by atoms with Gasteiger partial charge < -0.3 is 4.90 Å². The standard InChI is InChI=1S/C16H19ClN2O2/c1-10-6-7-13(12(17)9-10)19-11(2)15(20)18-8-4-3-5-14(18)16(19)21/h6-7,9,11,14H,3-5,8H2,1-2H3. The van der Waals surface area contributed by atoms with Crippen LogP contribution in [-0.4, -0.2) is 35.3 Å². The van der Waals surface area contributed by atoms with E-state index in [1.54, 1.807) is 16.7 Å². The fourth-order valence-electron chi connectivity index (χ4n) is 3.29. The van der Waals surface area contributed by atoms with Crippen LogP contribution < -0.4 is 4.90 Å². The molecule has 2 unspecified atom stereocenters. The molecule has 0 aromatic heterocycles. The lowest BCUT2D eigenvalue weighted by atomic mass is 9.95. The number of aryl methyl sites for hydroxylation is 1. The number of nitrogens with zero attached hydrogens (tertiary/aromatic N) is 2. The fourth-order valence-corrected chi connectivity index (χ4v) is 3.61. The van der Waals surface area contributed by atoms with Crippen molar-refractivity contribution in [1.29, 1.82) is 0 Å². The number of amides is 2. The van der Waals surface area contributed by atoms with Gasteiger partial charge in [0.05, 0.1) is 10.7 Å². The molecule has 2 saturated heterocycles. The minimum Gasteiger partial charge on any atom is -0.329 e. The Kier molecular flexibility index (Phi) is 3.66. The highest BCUT2D eigenvalue weighted by atomic mass is 35.5. The monoisotopic (exact) mass is 306 g/mol. The maximum atomic E-state index is 12.8. The summed E-state index contributed by atoms with van der Waals surface area (Å²) in [6.07, 6.45) is 2.72. The maximum absolute atomic E-state index is 12.8. The minimum absolute atomic E-state index is 0.00690. The third kappa shape index (κ3) is 2.31. The molecule has 21 heavy (non-hydrogen) atoms. The molecule has 0 aliphatic carbocycles. The van der Waals surface area contributed by atoms with Crippen molar-refractivity contribution in [3.8, 4) is 0 Å². The molecule has 2 aliphatic heterocycles. The van der Waals surface area contributed by atoms with E-state index in [4.69, 9.17) is 11.6 Å². The van der Waals surface area contributed by atoms with Gasteiger partial charge in [-0.1, -0.05) is 17.7 Å². The van der Waals surface area contributed by atoms with Crippen molar-refractivity contribution < 1.29 is 9.59 Å². The molecule has 112 valence electrons. The second-order valence-corrected chi connectivity index (χ2v) is 6.29. The summed E-state index contributed by atoms with van der Waals surface area (Å²) in [7, 11) is 0. The Balaban J connectivity index is 2.01. The average molecular weight is 307 g/mol. The molecule has 0 N–H and O–H groups in total. The first kappa shape index (κ1) is 14.4. The zero-order chi connectivity index (χ0) is 15.1. The maximum Gasteiger partial charge on any atom is 0.250 e. The first-order chi connectivity index (χ1) is 10.0. The fraction of sp³-hybridized carbons (Fsp3) is 0.500. The zero-order valence-electron chi connectivity index (χ0n) is 12.3. The zero-order valence-corrected chi connectivity index (χ0v) is 13.1. The van der Waals surface area contributed by atoms with Crippen molar-refractivity contribution in [2.24, 2.45) is 0 Å². The van der Waals surface area contributed by atoms with E-state index in [0.717, 1.165) is 24.8 Å². The number of halogens is 1. The average Bonchev–Trinajstić information content (AvgIpc) is 2.47. The molecule has 1 aromatic rings. The molecule has 0 spiro atoms.